The standard InChI is InChI=1S/C21H18BrClFNO2/c1-11(2)25-12(3)18(21(26)27)19(14-8-15(22)10-17(24)9-14)20(25)13-4-6-16(23)7-5-13/h4-11H,1-3H3,(H,26,27). The molecule has 0 bridgehead atoms. The first-order valence-corrected chi connectivity index (χ1v) is 9.58. The van der Waals surface area contributed by atoms with Crippen LogP contribution in [0.5, 0.6) is 0 Å². The van der Waals surface area contributed by atoms with E-state index in [4.69, 9.17) is 11.6 Å². The van der Waals surface area contributed by atoms with E-state index in [1.54, 1.807) is 25.1 Å². The second kappa shape index (κ2) is 7.49. The number of carboxylic acid groups (broad SMARTS) is 1. The van der Waals surface area contributed by atoms with Gasteiger partial charge in [0, 0.05) is 26.8 Å². The van der Waals surface area contributed by atoms with Gasteiger partial charge in [-0.25, -0.2) is 9.18 Å². The zero-order valence-electron chi connectivity index (χ0n) is 15.1. The summed E-state index contributed by atoms with van der Waals surface area (Å²) in [6.45, 7) is 5.76. The third-order valence-electron chi connectivity index (χ3n) is 4.45. The van der Waals surface area contributed by atoms with Crippen molar-refractivity contribution in [1.29, 1.82) is 0 Å². The molecule has 2 aromatic carbocycles. The highest BCUT2D eigenvalue weighted by atomic mass is 79.9. The largest absolute Gasteiger partial charge is 0.478 e. The minimum Gasteiger partial charge on any atom is -0.478 e. The summed E-state index contributed by atoms with van der Waals surface area (Å²) in [5.41, 5.74) is 3.35. The first-order valence-electron chi connectivity index (χ1n) is 8.41. The summed E-state index contributed by atoms with van der Waals surface area (Å²) >= 11 is 9.33. The Kier molecular flexibility index (Phi) is 5.45. The number of carboxylic acids is 1. The van der Waals surface area contributed by atoms with Gasteiger partial charge in [0.15, 0.2) is 0 Å². The first kappa shape index (κ1) is 19.6. The van der Waals surface area contributed by atoms with Crippen LogP contribution in [0.25, 0.3) is 22.4 Å². The van der Waals surface area contributed by atoms with Crippen molar-refractivity contribution in [3.8, 4) is 22.4 Å². The molecule has 140 valence electrons. The molecule has 0 aliphatic rings. The number of halogens is 3. The minimum atomic E-state index is -1.04. The highest BCUT2D eigenvalue weighted by molar-refractivity contribution is 9.10. The summed E-state index contributed by atoms with van der Waals surface area (Å²) in [6, 6.07) is 11.7. The van der Waals surface area contributed by atoms with Crippen molar-refractivity contribution in [2.75, 3.05) is 0 Å². The van der Waals surface area contributed by atoms with Crippen molar-refractivity contribution in [3.63, 3.8) is 0 Å². The molecular weight excluding hydrogens is 433 g/mol. The average Bonchev–Trinajstić information content (AvgIpc) is 2.88. The third-order valence-corrected chi connectivity index (χ3v) is 5.16. The maximum absolute atomic E-state index is 14.1. The smallest absolute Gasteiger partial charge is 0.338 e. The molecule has 0 fully saturated rings. The Bertz CT molecular complexity index is 1010. The summed E-state index contributed by atoms with van der Waals surface area (Å²) < 4.78 is 16.6. The van der Waals surface area contributed by atoms with E-state index < -0.39 is 11.8 Å². The number of carbonyl (C=O) groups is 1. The van der Waals surface area contributed by atoms with E-state index in [0.717, 1.165) is 11.3 Å². The summed E-state index contributed by atoms with van der Waals surface area (Å²) in [4.78, 5) is 12.1. The first-order chi connectivity index (χ1) is 12.7. The van der Waals surface area contributed by atoms with Gasteiger partial charge in [0.25, 0.3) is 0 Å². The van der Waals surface area contributed by atoms with Gasteiger partial charge in [-0.15, -0.1) is 0 Å². The second-order valence-corrected chi connectivity index (χ2v) is 7.97. The molecule has 3 nitrogen and oxygen atoms in total. The molecule has 3 aromatic rings. The van der Waals surface area contributed by atoms with Crippen LogP contribution in [0.15, 0.2) is 46.9 Å². The van der Waals surface area contributed by atoms with Crippen molar-refractivity contribution >= 4 is 33.5 Å². The van der Waals surface area contributed by atoms with Crippen molar-refractivity contribution in [3.05, 3.63) is 69.0 Å². The summed E-state index contributed by atoms with van der Waals surface area (Å²) in [5.74, 6) is -1.48. The topological polar surface area (TPSA) is 42.2 Å². The molecule has 3 rings (SSSR count). The van der Waals surface area contributed by atoms with Gasteiger partial charge >= 0.3 is 5.97 Å². The van der Waals surface area contributed by atoms with Crippen molar-refractivity contribution in [2.45, 2.75) is 26.8 Å². The van der Waals surface area contributed by atoms with Gasteiger partial charge in [-0.3, -0.25) is 0 Å². The van der Waals surface area contributed by atoms with E-state index in [2.05, 4.69) is 15.9 Å². The Hall–Kier alpha value is -2.11. The Balaban J connectivity index is 2.47. The Morgan fingerprint density at radius 3 is 2.30 bits per heavy atom. The van der Waals surface area contributed by atoms with Gasteiger partial charge in [0.1, 0.15) is 5.82 Å². The SMILES string of the molecule is Cc1c(C(=O)O)c(-c2cc(F)cc(Br)c2)c(-c2ccc(Cl)cc2)n1C(C)C. The van der Waals surface area contributed by atoms with Crippen LogP contribution in [-0.2, 0) is 0 Å². The van der Waals surface area contributed by atoms with Crippen LogP contribution in [0.3, 0.4) is 0 Å². The fourth-order valence-corrected chi connectivity index (χ4v) is 4.08. The van der Waals surface area contributed by atoms with Gasteiger partial charge in [-0.1, -0.05) is 39.7 Å². The van der Waals surface area contributed by atoms with E-state index in [1.807, 2.05) is 30.5 Å². The average molecular weight is 451 g/mol. The third kappa shape index (κ3) is 3.66. The van der Waals surface area contributed by atoms with Crippen LogP contribution in [0.1, 0.15) is 35.9 Å². The van der Waals surface area contributed by atoms with E-state index in [1.165, 1.54) is 12.1 Å². The lowest BCUT2D eigenvalue weighted by molar-refractivity contribution is 0.0696. The van der Waals surface area contributed by atoms with Gasteiger partial charge in [0.2, 0.25) is 0 Å². The lowest BCUT2D eigenvalue weighted by atomic mass is 9.97. The fraction of sp³-hybridized carbons (Fsp3) is 0.190. The number of benzene rings is 2. The predicted molar refractivity (Wildman–Crippen MR) is 110 cm³/mol. The molecule has 0 aliphatic carbocycles. The Labute approximate surface area is 170 Å². The monoisotopic (exact) mass is 449 g/mol. The molecule has 0 spiro atoms. The molecule has 1 heterocycles. The van der Waals surface area contributed by atoms with E-state index in [-0.39, 0.29) is 11.6 Å². The van der Waals surface area contributed by atoms with Gasteiger partial charge in [-0.05, 0) is 62.2 Å². The van der Waals surface area contributed by atoms with E-state index in [0.29, 0.717) is 26.3 Å². The molecule has 0 atom stereocenters. The normalized spacial score (nSPS) is 11.2. The zero-order valence-corrected chi connectivity index (χ0v) is 17.4. The second-order valence-electron chi connectivity index (χ2n) is 6.62. The molecule has 0 amide bonds. The number of hydrogen-bond donors (Lipinski definition) is 1. The van der Waals surface area contributed by atoms with Crippen molar-refractivity contribution < 1.29 is 14.3 Å². The minimum absolute atomic E-state index is 0.0135. The molecule has 6 heteroatoms. The number of hydrogen-bond acceptors (Lipinski definition) is 1. The molecule has 27 heavy (non-hydrogen) atoms. The highest BCUT2D eigenvalue weighted by Gasteiger charge is 2.28. The molecule has 0 saturated heterocycles. The quantitative estimate of drug-likeness (QED) is 0.466. The lowest BCUT2D eigenvalue weighted by Crippen LogP contribution is -2.06. The summed E-state index contributed by atoms with van der Waals surface area (Å²) in [7, 11) is 0. The van der Waals surface area contributed by atoms with Gasteiger partial charge in [0.05, 0.1) is 11.3 Å². The van der Waals surface area contributed by atoms with Crippen LogP contribution in [0.2, 0.25) is 5.02 Å². The van der Waals surface area contributed by atoms with Crippen LogP contribution in [0, 0.1) is 12.7 Å². The number of aromatic nitrogens is 1. The molecule has 0 saturated carbocycles. The Morgan fingerprint density at radius 1 is 1.15 bits per heavy atom. The van der Waals surface area contributed by atoms with Crippen LogP contribution < -0.4 is 0 Å². The van der Waals surface area contributed by atoms with Crippen LogP contribution in [0.4, 0.5) is 4.39 Å². The maximum Gasteiger partial charge on any atom is 0.338 e. The fourth-order valence-electron chi connectivity index (χ4n) is 3.49. The molecule has 0 radical (unpaired) electrons. The summed E-state index contributed by atoms with van der Waals surface area (Å²) in [5, 5.41) is 10.5. The maximum atomic E-state index is 14.1. The lowest BCUT2D eigenvalue weighted by Gasteiger charge is -2.17. The van der Waals surface area contributed by atoms with Gasteiger partial charge < -0.3 is 9.67 Å². The van der Waals surface area contributed by atoms with Crippen LogP contribution >= 0.6 is 27.5 Å². The number of nitrogens with zero attached hydrogens (tertiary/aromatic N) is 1. The van der Waals surface area contributed by atoms with E-state index >= 15 is 0 Å². The van der Waals surface area contributed by atoms with Crippen molar-refractivity contribution in [1.82, 2.24) is 4.57 Å². The van der Waals surface area contributed by atoms with Gasteiger partial charge in [-0.2, -0.15) is 0 Å². The molecule has 0 unspecified atom stereocenters. The number of aromatic carboxylic acids is 1. The predicted octanol–water partition coefficient (Wildman–Crippen LogP) is 6.96. The summed E-state index contributed by atoms with van der Waals surface area (Å²) in [6.07, 6.45) is 0. The highest BCUT2D eigenvalue weighted by Crippen LogP contribution is 2.42. The van der Waals surface area contributed by atoms with Crippen LogP contribution in [-0.4, -0.2) is 15.6 Å². The molecular formula is C21H18BrClFNO2. The van der Waals surface area contributed by atoms with E-state index in [9.17, 15) is 14.3 Å². The molecule has 0 aliphatic heterocycles. The molecule has 1 aromatic heterocycles. The van der Waals surface area contributed by atoms with Crippen molar-refractivity contribution in [2.24, 2.45) is 0 Å². The molecule has 1 N–H and O–H groups in total. The Morgan fingerprint density at radius 2 is 1.78 bits per heavy atom. The number of rotatable bonds is 4. The zero-order chi connectivity index (χ0) is 19.9.